The largest absolute Gasteiger partial charge is 0.490 e. The predicted octanol–water partition coefficient (Wildman–Crippen LogP) is 2.89. The number of hydrazone groups is 1. The summed E-state index contributed by atoms with van der Waals surface area (Å²) >= 11 is 0. The van der Waals surface area contributed by atoms with Crippen molar-refractivity contribution in [2.24, 2.45) is 5.10 Å². The van der Waals surface area contributed by atoms with Crippen molar-refractivity contribution >= 4 is 12.1 Å². The topological polar surface area (TPSA) is 74.5 Å². The number of hydrogen-bond donors (Lipinski definition) is 1. The highest BCUT2D eigenvalue weighted by Crippen LogP contribution is 2.11. The molecule has 2 aromatic rings. The van der Waals surface area contributed by atoms with Crippen molar-refractivity contribution in [3.63, 3.8) is 0 Å². The van der Waals surface area contributed by atoms with Crippen molar-refractivity contribution < 1.29 is 9.53 Å². The van der Waals surface area contributed by atoms with E-state index in [1.807, 2.05) is 30.3 Å². The number of nitrogens with zero attached hydrogens (tertiary/aromatic N) is 2. The van der Waals surface area contributed by atoms with E-state index in [0.29, 0.717) is 17.7 Å². The summed E-state index contributed by atoms with van der Waals surface area (Å²) in [5.74, 6) is 0.403. The van der Waals surface area contributed by atoms with Gasteiger partial charge in [-0.3, -0.25) is 4.79 Å². The fraction of sp³-hybridized carbons (Fsp3) is 0.0556. The molecule has 23 heavy (non-hydrogen) atoms. The van der Waals surface area contributed by atoms with E-state index in [2.05, 4.69) is 17.1 Å². The van der Waals surface area contributed by atoms with E-state index >= 15 is 0 Å². The molecule has 0 aromatic heterocycles. The summed E-state index contributed by atoms with van der Waals surface area (Å²) in [5.41, 5.74) is 4.21. The lowest BCUT2D eigenvalue weighted by atomic mass is 10.1. The Balaban J connectivity index is 1.91. The standard InChI is InChI=1S/C18H15N3O2/c1-2-11-23-17-9-5-15(6-10-17)13-20-21-18(22)16-7-3-14(12-19)4-8-16/h2-10,13H,1,11H2,(H,21,22)/b20-13-. The molecule has 0 atom stereocenters. The van der Waals surface area contributed by atoms with E-state index in [1.165, 1.54) is 0 Å². The molecule has 2 aromatic carbocycles. The number of carbonyl (C=O) groups is 1. The quantitative estimate of drug-likeness (QED) is 0.506. The number of nitriles is 1. The van der Waals surface area contributed by atoms with Crippen LogP contribution in [-0.2, 0) is 0 Å². The van der Waals surface area contributed by atoms with E-state index in [9.17, 15) is 4.79 Å². The van der Waals surface area contributed by atoms with Crippen molar-refractivity contribution in [3.8, 4) is 11.8 Å². The number of carbonyl (C=O) groups excluding carboxylic acids is 1. The summed E-state index contributed by atoms with van der Waals surface area (Å²) in [4.78, 5) is 11.9. The van der Waals surface area contributed by atoms with Crippen LogP contribution >= 0.6 is 0 Å². The number of nitrogens with one attached hydrogen (secondary N) is 1. The molecule has 0 aliphatic heterocycles. The maximum absolute atomic E-state index is 11.9. The number of ether oxygens (including phenoxy) is 1. The van der Waals surface area contributed by atoms with Crippen LogP contribution in [0.5, 0.6) is 5.75 Å². The van der Waals surface area contributed by atoms with Gasteiger partial charge in [-0.15, -0.1) is 0 Å². The molecule has 1 N–H and O–H groups in total. The molecule has 0 unspecified atom stereocenters. The molecule has 0 radical (unpaired) electrons. The van der Waals surface area contributed by atoms with Gasteiger partial charge in [0, 0.05) is 5.56 Å². The Hall–Kier alpha value is -3.39. The highest BCUT2D eigenvalue weighted by Gasteiger charge is 2.03. The first-order valence-corrected chi connectivity index (χ1v) is 6.90. The number of rotatable bonds is 6. The van der Waals surface area contributed by atoms with Gasteiger partial charge >= 0.3 is 0 Å². The van der Waals surface area contributed by atoms with Crippen LogP contribution in [0.15, 0.2) is 66.3 Å². The monoisotopic (exact) mass is 305 g/mol. The van der Waals surface area contributed by atoms with Gasteiger partial charge in [-0.05, 0) is 54.1 Å². The Labute approximate surface area is 134 Å². The summed E-state index contributed by atoms with van der Waals surface area (Å²) in [6.07, 6.45) is 3.22. The van der Waals surface area contributed by atoms with E-state index in [1.54, 1.807) is 36.6 Å². The third-order valence-electron chi connectivity index (χ3n) is 2.90. The normalized spacial score (nSPS) is 10.0. The van der Waals surface area contributed by atoms with Crippen LogP contribution in [0.3, 0.4) is 0 Å². The molecule has 0 aliphatic carbocycles. The molecule has 5 heteroatoms. The SMILES string of the molecule is C=CCOc1ccc(/C=N\NC(=O)c2ccc(C#N)cc2)cc1. The van der Waals surface area contributed by atoms with Gasteiger partial charge in [-0.25, -0.2) is 5.43 Å². The van der Waals surface area contributed by atoms with Crippen LogP contribution in [0.1, 0.15) is 21.5 Å². The minimum Gasteiger partial charge on any atom is -0.490 e. The van der Waals surface area contributed by atoms with Gasteiger partial charge in [-0.2, -0.15) is 10.4 Å². The smallest absolute Gasteiger partial charge is 0.271 e. The highest BCUT2D eigenvalue weighted by molar-refractivity contribution is 5.94. The zero-order chi connectivity index (χ0) is 16.5. The molecule has 5 nitrogen and oxygen atoms in total. The molecule has 0 spiro atoms. The van der Waals surface area contributed by atoms with Crippen LogP contribution in [0.4, 0.5) is 0 Å². The van der Waals surface area contributed by atoms with Gasteiger partial charge in [0.15, 0.2) is 0 Å². The lowest BCUT2D eigenvalue weighted by molar-refractivity contribution is 0.0955. The number of hydrogen-bond acceptors (Lipinski definition) is 4. The third-order valence-corrected chi connectivity index (χ3v) is 2.90. The molecular formula is C18H15N3O2. The van der Waals surface area contributed by atoms with Crippen LogP contribution < -0.4 is 10.2 Å². The Morgan fingerprint density at radius 1 is 1.22 bits per heavy atom. The molecule has 2 rings (SSSR count). The molecule has 0 aliphatic rings. The Kier molecular flexibility index (Phi) is 5.67. The van der Waals surface area contributed by atoms with Crippen LogP contribution in [0.2, 0.25) is 0 Å². The molecule has 0 bridgehead atoms. The number of benzene rings is 2. The molecule has 0 saturated carbocycles. The lowest BCUT2D eigenvalue weighted by Gasteiger charge is -2.03. The van der Waals surface area contributed by atoms with E-state index in [4.69, 9.17) is 10.00 Å². The first-order chi connectivity index (χ1) is 11.2. The molecule has 114 valence electrons. The Morgan fingerprint density at radius 3 is 2.52 bits per heavy atom. The van der Waals surface area contributed by atoms with Crippen LogP contribution in [0.25, 0.3) is 0 Å². The van der Waals surface area contributed by atoms with E-state index in [0.717, 1.165) is 11.3 Å². The summed E-state index contributed by atoms with van der Waals surface area (Å²) < 4.78 is 5.37. The predicted molar refractivity (Wildman–Crippen MR) is 88.4 cm³/mol. The van der Waals surface area contributed by atoms with Gasteiger partial charge in [-0.1, -0.05) is 12.7 Å². The average molecular weight is 305 g/mol. The molecule has 0 heterocycles. The van der Waals surface area contributed by atoms with Gasteiger partial charge in [0.25, 0.3) is 5.91 Å². The second-order valence-electron chi connectivity index (χ2n) is 4.56. The van der Waals surface area contributed by atoms with Crippen molar-refractivity contribution in [3.05, 3.63) is 77.9 Å². The van der Waals surface area contributed by atoms with Crippen molar-refractivity contribution in [1.82, 2.24) is 5.43 Å². The summed E-state index contributed by atoms with van der Waals surface area (Å²) in [6, 6.07) is 15.6. The fourth-order valence-electron chi connectivity index (χ4n) is 1.73. The van der Waals surface area contributed by atoms with E-state index in [-0.39, 0.29) is 5.91 Å². The minimum atomic E-state index is -0.336. The fourth-order valence-corrected chi connectivity index (χ4v) is 1.73. The first-order valence-electron chi connectivity index (χ1n) is 6.90. The Bertz CT molecular complexity index is 741. The molecule has 1 amide bonds. The van der Waals surface area contributed by atoms with E-state index < -0.39 is 0 Å². The summed E-state index contributed by atoms with van der Waals surface area (Å²) in [6.45, 7) is 4.04. The first kappa shape index (κ1) is 16.0. The second-order valence-corrected chi connectivity index (χ2v) is 4.56. The van der Waals surface area contributed by atoms with Crippen molar-refractivity contribution in [1.29, 1.82) is 5.26 Å². The summed E-state index contributed by atoms with van der Waals surface area (Å²) in [7, 11) is 0. The Morgan fingerprint density at radius 2 is 1.91 bits per heavy atom. The van der Waals surface area contributed by atoms with Gasteiger partial charge in [0.1, 0.15) is 12.4 Å². The summed E-state index contributed by atoms with van der Waals surface area (Å²) in [5, 5.41) is 12.6. The lowest BCUT2D eigenvalue weighted by Crippen LogP contribution is -2.17. The minimum absolute atomic E-state index is 0.336. The maximum Gasteiger partial charge on any atom is 0.271 e. The third kappa shape index (κ3) is 4.83. The highest BCUT2D eigenvalue weighted by atomic mass is 16.5. The molecular weight excluding hydrogens is 290 g/mol. The zero-order valence-corrected chi connectivity index (χ0v) is 12.4. The zero-order valence-electron chi connectivity index (χ0n) is 12.4. The van der Waals surface area contributed by atoms with Crippen molar-refractivity contribution in [2.45, 2.75) is 0 Å². The van der Waals surface area contributed by atoms with Gasteiger partial charge in [0.2, 0.25) is 0 Å². The van der Waals surface area contributed by atoms with Crippen LogP contribution in [0, 0.1) is 11.3 Å². The second kappa shape index (κ2) is 8.15. The van der Waals surface area contributed by atoms with Crippen molar-refractivity contribution in [2.75, 3.05) is 6.61 Å². The van der Waals surface area contributed by atoms with Gasteiger partial charge in [0.05, 0.1) is 17.8 Å². The number of amides is 1. The maximum atomic E-state index is 11.9. The average Bonchev–Trinajstić information content (AvgIpc) is 2.61. The van der Waals surface area contributed by atoms with Gasteiger partial charge < -0.3 is 4.74 Å². The van der Waals surface area contributed by atoms with Crippen LogP contribution in [-0.4, -0.2) is 18.7 Å². The molecule has 0 fully saturated rings. The molecule has 0 saturated heterocycles.